The highest BCUT2D eigenvalue weighted by atomic mass is 16.3. The summed E-state index contributed by atoms with van der Waals surface area (Å²) in [4.78, 5) is 11.6. The smallest absolute Gasteiger partial charge is 0.251 e. The second-order valence-corrected chi connectivity index (χ2v) is 3.46. The van der Waals surface area contributed by atoms with Gasteiger partial charge in [0.15, 0.2) is 0 Å². The molecule has 2 rings (SSSR count). The topological polar surface area (TPSA) is 42.2 Å². The van der Waals surface area contributed by atoms with Crippen LogP contribution in [0.3, 0.4) is 0 Å². The fraction of sp³-hybridized carbons (Fsp3) is 0.250. The zero-order valence-corrected chi connectivity index (χ0v) is 8.39. The summed E-state index contributed by atoms with van der Waals surface area (Å²) >= 11 is 0. The Balaban J connectivity index is 2.58. The molecule has 2 aromatic rings. The second kappa shape index (κ2) is 4.28. The first-order valence-corrected chi connectivity index (χ1v) is 5.02. The van der Waals surface area contributed by atoms with Crippen LogP contribution >= 0.6 is 0 Å². The molecule has 0 spiro atoms. The van der Waals surface area contributed by atoms with Gasteiger partial charge in [0.2, 0.25) is 0 Å². The Kier molecular flexibility index (Phi) is 2.83. The lowest BCUT2D eigenvalue weighted by Crippen LogP contribution is -2.19. The molecule has 1 N–H and O–H groups in total. The molecule has 0 fully saturated rings. The van der Waals surface area contributed by atoms with E-state index in [9.17, 15) is 4.79 Å². The Morgan fingerprint density at radius 2 is 1.93 bits per heavy atom. The highest BCUT2D eigenvalue weighted by Gasteiger charge is 2.00. The van der Waals surface area contributed by atoms with Crippen LogP contribution in [0.4, 0.5) is 0 Å². The van der Waals surface area contributed by atoms with E-state index in [1.807, 2.05) is 30.3 Å². The maximum absolute atomic E-state index is 11.6. The van der Waals surface area contributed by atoms with Crippen LogP contribution in [-0.4, -0.2) is 16.3 Å². The molecule has 0 aliphatic carbocycles. The number of pyridine rings is 1. The third kappa shape index (κ3) is 1.92. The van der Waals surface area contributed by atoms with E-state index in [0.29, 0.717) is 13.0 Å². The van der Waals surface area contributed by atoms with E-state index < -0.39 is 0 Å². The van der Waals surface area contributed by atoms with E-state index in [1.54, 1.807) is 10.6 Å². The highest BCUT2D eigenvalue weighted by molar-refractivity contribution is 5.78. The number of nitrogens with zero attached hydrogens (tertiary/aromatic N) is 1. The van der Waals surface area contributed by atoms with Gasteiger partial charge >= 0.3 is 0 Å². The molecular weight excluding hydrogens is 190 g/mol. The van der Waals surface area contributed by atoms with Gasteiger partial charge in [-0.1, -0.05) is 18.2 Å². The summed E-state index contributed by atoms with van der Waals surface area (Å²) < 4.78 is 1.70. The predicted molar refractivity (Wildman–Crippen MR) is 59.9 cm³/mol. The van der Waals surface area contributed by atoms with Crippen LogP contribution in [0.15, 0.2) is 41.2 Å². The molecule has 0 amide bonds. The maximum Gasteiger partial charge on any atom is 0.251 e. The fourth-order valence-electron chi connectivity index (χ4n) is 1.70. The molecule has 3 nitrogen and oxygen atoms in total. The van der Waals surface area contributed by atoms with Crippen LogP contribution in [0, 0.1) is 0 Å². The van der Waals surface area contributed by atoms with Crippen molar-refractivity contribution in [2.24, 2.45) is 0 Å². The zero-order chi connectivity index (χ0) is 10.7. The molecule has 0 radical (unpaired) electrons. The molecule has 0 saturated heterocycles. The number of rotatable bonds is 3. The van der Waals surface area contributed by atoms with Gasteiger partial charge in [-0.15, -0.1) is 0 Å². The summed E-state index contributed by atoms with van der Waals surface area (Å²) in [6.07, 6.45) is 0.605. The first-order chi connectivity index (χ1) is 7.33. The second-order valence-electron chi connectivity index (χ2n) is 3.46. The van der Waals surface area contributed by atoms with Crippen molar-refractivity contribution in [2.75, 3.05) is 6.61 Å². The molecule has 0 unspecified atom stereocenters. The number of aliphatic hydroxyl groups excluding tert-OH is 1. The number of para-hydroxylation sites is 1. The van der Waals surface area contributed by atoms with Crippen molar-refractivity contribution in [3.63, 3.8) is 0 Å². The Bertz CT molecular complexity index is 516. The predicted octanol–water partition coefficient (Wildman–Crippen LogP) is 1.38. The van der Waals surface area contributed by atoms with E-state index in [-0.39, 0.29) is 12.2 Å². The number of fused-ring (bicyclic) bond motifs is 1. The molecule has 0 bridgehead atoms. The number of aliphatic hydroxyl groups is 1. The average molecular weight is 203 g/mol. The minimum absolute atomic E-state index is 0.0119. The summed E-state index contributed by atoms with van der Waals surface area (Å²) in [5, 5.41) is 9.83. The number of hydrogen-bond donors (Lipinski definition) is 1. The third-order valence-electron chi connectivity index (χ3n) is 2.44. The summed E-state index contributed by atoms with van der Waals surface area (Å²) in [6.45, 7) is 0.673. The summed E-state index contributed by atoms with van der Waals surface area (Å²) in [6, 6.07) is 11.2. The first-order valence-electron chi connectivity index (χ1n) is 5.02. The lowest BCUT2D eigenvalue weighted by atomic mass is 10.2. The zero-order valence-electron chi connectivity index (χ0n) is 8.39. The van der Waals surface area contributed by atoms with Gasteiger partial charge in [-0.3, -0.25) is 4.79 Å². The van der Waals surface area contributed by atoms with Gasteiger partial charge < -0.3 is 9.67 Å². The molecule has 3 heteroatoms. The average Bonchev–Trinajstić information content (AvgIpc) is 2.28. The summed E-state index contributed by atoms with van der Waals surface area (Å²) in [7, 11) is 0. The highest BCUT2D eigenvalue weighted by Crippen LogP contribution is 2.10. The lowest BCUT2D eigenvalue weighted by Gasteiger charge is -2.08. The monoisotopic (exact) mass is 203 g/mol. The first kappa shape index (κ1) is 9.93. The maximum atomic E-state index is 11.6. The van der Waals surface area contributed by atoms with Crippen LogP contribution in [0.25, 0.3) is 10.9 Å². The molecule has 0 aliphatic heterocycles. The quantitative estimate of drug-likeness (QED) is 0.819. The van der Waals surface area contributed by atoms with Gasteiger partial charge in [0.25, 0.3) is 5.56 Å². The van der Waals surface area contributed by atoms with Crippen LogP contribution in [0.1, 0.15) is 6.42 Å². The van der Waals surface area contributed by atoms with Crippen molar-refractivity contribution in [3.8, 4) is 0 Å². The standard InChI is InChI=1S/C12H13NO2/c14-9-3-8-13-11-5-2-1-4-10(11)6-7-12(13)15/h1-2,4-7,14H,3,8-9H2. The number of aromatic nitrogens is 1. The van der Waals surface area contributed by atoms with E-state index in [1.165, 1.54) is 0 Å². The Morgan fingerprint density at radius 3 is 2.73 bits per heavy atom. The molecule has 15 heavy (non-hydrogen) atoms. The Morgan fingerprint density at radius 1 is 1.13 bits per heavy atom. The molecule has 1 heterocycles. The Labute approximate surface area is 87.6 Å². The van der Waals surface area contributed by atoms with Gasteiger partial charge in [-0.2, -0.15) is 0 Å². The van der Waals surface area contributed by atoms with Gasteiger partial charge in [-0.25, -0.2) is 0 Å². The van der Waals surface area contributed by atoms with Crippen molar-refractivity contribution in [3.05, 3.63) is 46.8 Å². The van der Waals surface area contributed by atoms with Crippen molar-refractivity contribution >= 4 is 10.9 Å². The number of aryl methyl sites for hydroxylation is 1. The lowest BCUT2D eigenvalue weighted by molar-refractivity contribution is 0.280. The van der Waals surface area contributed by atoms with Crippen LogP contribution in [-0.2, 0) is 6.54 Å². The molecule has 0 saturated carbocycles. The minimum Gasteiger partial charge on any atom is -0.396 e. The molecule has 0 aliphatic rings. The largest absolute Gasteiger partial charge is 0.396 e. The third-order valence-corrected chi connectivity index (χ3v) is 2.44. The normalized spacial score (nSPS) is 10.7. The van der Waals surface area contributed by atoms with E-state index in [0.717, 1.165) is 10.9 Å². The molecule has 78 valence electrons. The van der Waals surface area contributed by atoms with E-state index >= 15 is 0 Å². The van der Waals surface area contributed by atoms with Gasteiger partial charge in [0, 0.05) is 19.2 Å². The molecular formula is C12H13NO2. The molecule has 1 aromatic carbocycles. The number of hydrogen-bond acceptors (Lipinski definition) is 2. The summed E-state index contributed by atoms with van der Waals surface area (Å²) in [5.74, 6) is 0. The van der Waals surface area contributed by atoms with Crippen molar-refractivity contribution < 1.29 is 5.11 Å². The number of benzene rings is 1. The van der Waals surface area contributed by atoms with Crippen LogP contribution < -0.4 is 5.56 Å². The SMILES string of the molecule is O=c1ccc2ccccc2n1CCCO. The van der Waals surface area contributed by atoms with Crippen molar-refractivity contribution in [2.45, 2.75) is 13.0 Å². The van der Waals surface area contributed by atoms with Gasteiger partial charge in [0.1, 0.15) is 0 Å². The van der Waals surface area contributed by atoms with E-state index in [4.69, 9.17) is 5.11 Å². The van der Waals surface area contributed by atoms with Crippen LogP contribution in [0.5, 0.6) is 0 Å². The van der Waals surface area contributed by atoms with Gasteiger partial charge in [0.05, 0.1) is 5.52 Å². The van der Waals surface area contributed by atoms with E-state index in [2.05, 4.69) is 0 Å². The van der Waals surface area contributed by atoms with Crippen LogP contribution in [0.2, 0.25) is 0 Å². The summed E-state index contributed by atoms with van der Waals surface area (Å²) in [5.41, 5.74) is 0.917. The molecule has 1 aromatic heterocycles. The minimum atomic E-state index is -0.0119. The molecule has 0 atom stereocenters. The van der Waals surface area contributed by atoms with Gasteiger partial charge in [-0.05, 0) is 23.9 Å². The van der Waals surface area contributed by atoms with Crippen molar-refractivity contribution in [1.82, 2.24) is 4.57 Å². The fourth-order valence-corrected chi connectivity index (χ4v) is 1.70. The Hall–Kier alpha value is -1.61. The van der Waals surface area contributed by atoms with Crippen molar-refractivity contribution in [1.29, 1.82) is 0 Å².